The Balaban J connectivity index is 2.12. The van der Waals surface area contributed by atoms with Crippen molar-refractivity contribution < 1.29 is 9.59 Å². The molecule has 0 aromatic heterocycles. The highest BCUT2D eigenvalue weighted by Gasteiger charge is 2.39. The van der Waals surface area contributed by atoms with Crippen LogP contribution in [-0.2, 0) is 4.79 Å². The molecule has 0 bridgehead atoms. The van der Waals surface area contributed by atoms with E-state index in [4.69, 9.17) is 0 Å². The zero-order valence-electron chi connectivity index (χ0n) is 13.2. The Morgan fingerprint density at radius 2 is 1.76 bits per heavy atom. The third kappa shape index (κ3) is 3.32. The molecule has 0 spiro atoms. The quantitative estimate of drug-likeness (QED) is 0.628. The molecule has 21 heavy (non-hydrogen) atoms. The summed E-state index contributed by atoms with van der Waals surface area (Å²) in [5.74, 6) is 0.114. The zero-order chi connectivity index (χ0) is 15.6. The fourth-order valence-electron chi connectivity index (χ4n) is 3.04. The van der Waals surface area contributed by atoms with Gasteiger partial charge >= 0.3 is 0 Å². The number of amides is 1. The highest BCUT2D eigenvalue weighted by Crippen LogP contribution is 2.27. The van der Waals surface area contributed by atoms with Crippen molar-refractivity contribution in [1.29, 1.82) is 0 Å². The number of hydrogen-bond donors (Lipinski definition) is 0. The van der Waals surface area contributed by atoms with Crippen LogP contribution in [-0.4, -0.2) is 54.7 Å². The summed E-state index contributed by atoms with van der Waals surface area (Å²) < 4.78 is 0. The summed E-state index contributed by atoms with van der Waals surface area (Å²) in [6.07, 6.45) is 0. The van der Waals surface area contributed by atoms with E-state index in [0.29, 0.717) is 36.5 Å². The SMILES string of the molecule is CC(C)[C@@H]1CN(C(=O)C(=O)c2ccccc2)C[C@H]1N(C)C. The smallest absolute Gasteiger partial charge is 0.295 e. The summed E-state index contributed by atoms with van der Waals surface area (Å²) >= 11 is 0. The summed E-state index contributed by atoms with van der Waals surface area (Å²) in [5, 5.41) is 0. The van der Waals surface area contributed by atoms with E-state index in [1.807, 2.05) is 20.2 Å². The van der Waals surface area contributed by atoms with Gasteiger partial charge in [-0.25, -0.2) is 0 Å². The van der Waals surface area contributed by atoms with Gasteiger partial charge in [-0.05, 0) is 25.9 Å². The van der Waals surface area contributed by atoms with Gasteiger partial charge in [0.15, 0.2) is 0 Å². The first-order chi connectivity index (χ1) is 9.91. The summed E-state index contributed by atoms with van der Waals surface area (Å²) in [6, 6.07) is 9.11. The van der Waals surface area contributed by atoms with Crippen LogP contribution in [0.15, 0.2) is 30.3 Å². The van der Waals surface area contributed by atoms with Crippen LogP contribution in [0.3, 0.4) is 0 Å². The molecule has 2 rings (SSSR count). The van der Waals surface area contributed by atoms with Crippen molar-refractivity contribution in [3.63, 3.8) is 0 Å². The van der Waals surface area contributed by atoms with Crippen molar-refractivity contribution in [2.75, 3.05) is 27.2 Å². The number of carbonyl (C=O) groups excluding carboxylic acids is 2. The van der Waals surface area contributed by atoms with Crippen LogP contribution in [0, 0.1) is 11.8 Å². The van der Waals surface area contributed by atoms with Crippen molar-refractivity contribution in [2.45, 2.75) is 19.9 Å². The van der Waals surface area contributed by atoms with Gasteiger partial charge in [-0.2, -0.15) is 0 Å². The fourth-order valence-corrected chi connectivity index (χ4v) is 3.04. The van der Waals surface area contributed by atoms with E-state index in [1.54, 1.807) is 29.2 Å². The second-order valence-corrected chi connectivity index (χ2v) is 6.34. The molecule has 1 aromatic rings. The van der Waals surface area contributed by atoms with Gasteiger partial charge in [0.05, 0.1) is 0 Å². The highest BCUT2D eigenvalue weighted by atomic mass is 16.2. The van der Waals surface area contributed by atoms with Gasteiger partial charge in [0, 0.05) is 24.7 Å². The summed E-state index contributed by atoms with van der Waals surface area (Å²) in [6.45, 7) is 5.65. The van der Waals surface area contributed by atoms with Crippen molar-refractivity contribution in [1.82, 2.24) is 9.80 Å². The molecule has 4 nitrogen and oxygen atoms in total. The molecule has 1 fully saturated rings. The fraction of sp³-hybridized carbons (Fsp3) is 0.529. The van der Waals surface area contributed by atoms with Gasteiger partial charge in [-0.1, -0.05) is 44.2 Å². The number of carbonyl (C=O) groups is 2. The average molecular weight is 288 g/mol. The Labute approximate surface area is 126 Å². The lowest BCUT2D eigenvalue weighted by Crippen LogP contribution is -2.39. The lowest BCUT2D eigenvalue weighted by molar-refractivity contribution is -0.125. The van der Waals surface area contributed by atoms with Crippen molar-refractivity contribution in [3.8, 4) is 0 Å². The van der Waals surface area contributed by atoms with Gasteiger partial charge in [-0.3, -0.25) is 9.59 Å². The minimum atomic E-state index is -0.405. The van der Waals surface area contributed by atoms with Crippen molar-refractivity contribution in [3.05, 3.63) is 35.9 Å². The third-order valence-electron chi connectivity index (χ3n) is 4.37. The maximum absolute atomic E-state index is 12.4. The van der Waals surface area contributed by atoms with Crippen molar-refractivity contribution >= 4 is 11.7 Å². The molecule has 0 aliphatic carbocycles. The molecular formula is C17H24N2O2. The molecule has 0 unspecified atom stereocenters. The second kappa shape index (κ2) is 6.39. The van der Waals surface area contributed by atoms with E-state index in [2.05, 4.69) is 18.7 Å². The van der Waals surface area contributed by atoms with E-state index in [-0.39, 0.29) is 5.91 Å². The lowest BCUT2D eigenvalue weighted by atomic mass is 9.91. The second-order valence-electron chi connectivity index (χ2n) is 6.34. The predicted octanol–water partition coefficient (Wildman–Crippen LogP) is 1.91. The van der Waals surface area contributed by atoms with Crippen LogP contribution in [0.2, 0.25) is 0 Å². The first kappa shape index (κ1) is 15.7. The molecule has 2 atom stereocenters. The first-order valence-electron chi connectivity index (χ1n) is 7.47. The maximum atomic E-state index is 12.4. The largest absolute Gasteiger partial charge is 0.334 e. The van der Waals surface area contributed by atoms with Crippen LogP contribution in [0.25, 0.3) is 0 Å². The first-order valence-corrected chi connectivity index (χ1v) is 7.47. The molecule has 1 saturated heterocycles. The van der Waals surface area contributed by atoms with Gasteiger partial charge in [0.1, 0.15) is 0 Å². The predicted molar refractivity (Wildman–Crippen MR) is 83.2 cm³/mol. The molecule has 1 aliphatic rings. The number of hydrogen-bond acceptors (Lipinski definition) is 3. The highest BCUT2D eigenvalue weighted by molar-refractivity contribution is 6.42. The van der Waals surface area contributed by atoms with Crippen LogP contribution >= 0.6 is 0 Å². The third-order valence-corrected chi connectivity index (χ3v) is 4.37. The minimum Gasteiger partial charge on any atom is -0.334 e. The number of ketones is 1. The number of benzene rings is 1. The number of likely N-dealkylation sites (N-methyl/N-ethyl adjacent to an activating group) is 1. The molecule has 1 aliphatic heterocycles. The summed E-state index contributed by atoms with van der Waals surface area (Å²) in [5.41, 5.74) is 0.469. The van der Waals surface area contributed by atoms with Gasteiger partial charge in [-0.15, -0.1) is 0 Å². The Kier molecular flexibility index (Phi) is 4.78. The molecule has 0 saturated carbocycles. The molecule has 0 radical (unpaired) electrons. The topological polar surface area (TPSA) is 40.6 Å². The molecule has 4 heteroatoms. The number of Topliss-reactive ketones (excluding diaryl/α,β-unsaturated/α-hetero) is 1. The average Bonchev–Trinajstić information content (AvgIpc) is 2.92. The number of nitrogens with zero attached hydrogens (tertiary/aromatic N) is 2. The molecule has 1 amide bonds. The molecule has 114 valence electrons. The number of likely N-dealkylation sites (tertiary alicyclic amines) is 1. The Morgan fingerprint density at radius 3 is 2.24 bits per heavy atom. The Hall–Kier alpha value is -1.68. The molecule has 1 heterocycles. The van der Waals surface area contributed by atoms with Crippen molar-refractivity contribution in [2.24, 2.45) is 11.8 Å². The summed E-state index contributed by atoms with van der Waals surface area (Å²) in [4.78, 5) is 28.6. The van der Waals surface area contributed by atoms with E-state index in [0.717, 1.165) is 0 Å². The molecule has 1 aromatic carbocycles. The summed E-state index contributed by atoms with van der Waals surface area (Å²) in [7, 11) is 4.07. The van der Waals surface area contributed by atoms with Crippen LogP contribution in [0.4, 0.5) is 0 Å². The zero-order valence-corrected chi connectivity index (χ0v) is 13.2. The van der Waals surface area contributed by atoms with Gasteiger partial charge in [0.25, 0.3) is 5.91 Å². The van der Waals surface area contributed by atoms with Crippen LogP contribution in [0.1, 0.15) is 24.2 Å². The van der Waals surface area contributed by atoms with Gasteiger partial charge < -0.3 is 9.80 Å². The number of rotatable bonds is 4. The standard InChI is InChI=1S/C17H24N2O2/c1-12(2)14-10-19(11-15(14)18(3)4)17(21)16(20)13-8-6-5-7-9-13/h5-9,12,14-15H,10-11H2,1-4H3/t14-,15+/m0/s1. The maximum Gasteiger partial charge on any atom is 0.295 e. The van der Waals surface area contributed by atoms with Gasteiger partial charge in [0.2, 0.25) is 5.78 Å². The minimum absolute atomic E-state index is 0.317. The monoisotopic (exact) mass is 288 g/mol. The Bertz CT molecular complexity index is 495. The van der Waals surface area contributed by atoms with E-state index in [9.17, 15) is 9.59 Å². The molecular weight excluding hydrogens is 264 g/mol. The Morgan fingerprint density at radius 1 is 1.14 bits per heavy atom. The van der Waals surface area contributed by atoms with E-state index >= 15 is 0 Å². The lowest BCUT2D eigenvalue weighted by Gasteiger charge is -2.27. The van der Waals surface area contributed by atoms with Crippen LogP contribution in [0.5, 0.6) is 0 Å². The molecule has 0 N–H and O–H groups in total. The van der Waals surface area contributed by atoms with E-state index < -0.39 is 5.78 Å². The normalized spacial score (nSPS) is 22.1. The van der Waals surface area contributed by atoms with E-state index in [1.165, 1.54) is 0 Å². The van der Waals surface area contributed by atoms with Crippen LogP contribution < -0.4 is 0 Å².